The number of carbonyl (C=O) groups is 1. The number of Topliss-reactive ketones (excluding diaryl/α,β-unsaturated/α-hetero) is 1. The Hall–Kier alpha value is -2.62. The number of alkyl halides is 3. The molecule has 10 heteroatoms. The molecule has 0 spiro atoms. The number of halogens is 3. The molecule has 1 fully saturated rings. The van der Waals surface area contributed by atoms with Gasteiger partial charge in [0.1, 0.15) is 0 Å². The maximum absolute atomic E-state index is 13.2. The van der Waals surface area contributed by atoms with Gasteiger partial charge in [0, 0.05) is 50.9 Å². The van der Waals surface area contributed by atoms with E-state index in [1.807, 2.05) is 4.90 Å². The number of carbonyl (C=O) groups excluding carboxylic acids is 1. The van der Waals surface area contributed by atoms with E-state index in [2.05, 4.69) is 5.32 Å². The molecule has 1 aromatic carbocycles. The zero-order valence-electron chi connectivity index (χ0n) is 13.3. The molecule has 3 rings (SSSR count). The summed E-state index contributed by atoms with van der Waals surface area (Å²) in [5, 5.41) is 27.8. The Morgan fingerprint density at radius 3 is 2.36 bits per heavy atom. The van der Waals surface area contributed by atoms with E-state index in [4.69, 9.17) is 0 Å². The Kier molecular flexibility index (Phi) is 4.15. The van der Waals surface area contributed by atoms with Crippen LogP contribution in [0.5, 0.6) is 0 Å². The average molecular weight is 356 g/mol. The van der Waals surface area contributed by atoms with E-state index in [9.17, 15) is 28.4 Å². The second-order valence-corrected chi connectivity index (χ2v) is 5.75. The van der Waals surface area contributed by atoms with Gasteiger partial charge in [0.05, 0.1) is 0 Å². The van der Waals surface area contributed by atoms with Crippen molar-refractivity contribution >= 4 is 22.5 Å². The first kappa shape index (κ1) is 17.2. The first-order valence-corrected chi connectivity index (χ1v) is 7.58. The summed E-state index contributed by atoms with van der Waals surface area (Å²) in [5.41, 5.74) is -3.10. The summed E-state index contributed by atoms with van der Waals surface area (Å²) >= 11 is 0. The van der Waals surface area contributed by atoms with Gasteiger partial charge >= 0.3 is 17.6 Å². The molecule has 0 amide bonds. The fourth-order valence-electron chi connectivity index (χ4n) is 2.96. The van der Waals surface area contributed by atoms with Gasteiger partial charge in [-0.25, -0.2) is 0 Å². The van der Waals surface area contributed by atoms with Gasteiger partial charge in [-0.15, -0.1) is 4.73 Å². The zero-order chi connectivity index (χ0) is 18.4. The molecule has 1 aromatic heterocycles. The Balaban J connectivity index is 2.27. The van der Waals surface area contributed by atoms with Crippen molar-refractivity contribution in [2.75, 3.05) is 31.1 Å². The SMILES string of the molecule is CC(=O)c1c(C(F)(F)F)[n+]([O-])c2ccc(N3CCNCC3)cc2[n+]1[O-]. The number of benzene rings is 1. The first-order valence-electron chi connectivity index (χ1n) is 7.58. The van der Waals surface area contributed by atoms with Gasteiger partial charge in [0.15, 0.2) is 0 Å². The summed E-state index contributed by atoms with van der Waals surface area (Å²) in [4.78, 5) is 13.6. The molecule has 134 valence electrons. The lowest BCUT2D eigenvalue weighted by Crippen LogP contribution is -2.50. The molecular weight excluding hydrogens is 341 g/mol. The van der Waals surface area contributed by atoms with Crippen LogP contribution >= 0.6 is 0 Å². The molecule has 0 unspecified atom stereocenters. The molecule has 25 heavy (non-hydrogen) atoms. The third-order valence-corrected chi connectivity index (χ3v) is 4.11. The van der Waals surface area contributed by atoms with E-state index >= 15 is 0 Å². The molecule has 0 bridgehead atoms. The topological polar surface area (TPSA) is 86.2 Å². The molecule has 7 nitrogen and oxygen atoms in total. The van der Waals surface area contributed by atoms with Crippen LogP contribution in [0.4, 0.5) is 18.9 Å². The monoisotopic (exact) mass is 356 g/mol. The number of aromatic nitrogens is 2. The normalized spacial score (nSPS) is 15.6. The molecule has 2 aromatic rings. The largest absolute Gasteiger partial charge is 0.618 e. The zero-order valence-corrected chi connectivity index (χ0v) is 13.3. The van der Waals surface area contributed by atoms with Crippen molar-refractivity contribution in [2.24, 2.45) is 0 Å². The number of nitrogens with zero attached hydrogens (tertiary/aromatic N) is 3. The number of fused-ring (bicyclic) bond motifs is 1. The Labute approximate surface area is 140 Å². The van der Waals surface area contributed by atoms with E-state index in [0.29, 0.717) is 18.8 Å². The lowest BCUT2D eigenvalue weighted by molar-refractivity contribution is -0.647. The van der Waals surface area contributed by atoms with Crippen LogP contribution in [-0.2, 0) is 6.18 Å². The minimum absolute atomic E-state index is 0.0966. The smallest absolute Gasteiger partial charge is 0.486 e. The Bertz CT molecular complexity index is 848. The quantitative estimate of drug-likeness (QED) is 0.487. The molecule has 1 aliphatic heterocycles. The van der Waals surface area contributed by atoms with Crippen molar-refractivity contribution in [3.8, 4) is 0 Å². The lowest BCUT2D eigenvalue weighted by Gasteiger charge is -2.29. The van der Waals surface area contributed by atoms with Crippen molar-refractivity contribution < 1.29 is 27.4 Å². The van der Waals surface area contributed by atoms with Crippen LogP contribution in [0.2, 0.25) is 0 Å². The number of rotatable bonds is 2. The molecule has 1 N–H and O–H groups in total. The number of ketones is 1. The van der Waals surface area contributed by atoms with Gasteiger partial charge in [-0.2, -0.15) is 17.9 Å². The van der Waals surface area contributed by atoms with Crippen molar-refractivity contribution in [3.63, 3.8) is 0 Å². The van der Waals surface area contributed by atoms with Crippen LogP contribution in [0.25, 0.3) is 11.0 Å². The van der Waals surface area contributed by atoms with Crippen molar-refractivity contribution in [3.05, 3.63) is 40.0 Å². The second-order valence-electron chi connectivity index (χ2n) is 5.75. The fraction of sp³-hybridized carbons (Fsp3) is 0.400. The first-order chi connectivity index (χ1) is 11.7. The maximum atomic E-state index is 13.2. The van der Waals surface area contributed by atoms with Crippen LogP contribution < -0.4 is 19.7 Å². The Morgan fingerprint density at radius 1 is 1.16 bits per heavy atom. The van der Waals surface area contributed by atoms with E-state index in [1.54, 1.807) is 0 Å². The lowest BCUT2D eigenvalue weighted by atomic mass is 10.1. The molecule has 0 atom stereocenters. The second kappa shape index (κ2) is 6.03. The molecule has 2 heterocycles. The highest BCUT2D eigenvalue weighted by molar-refractivity contribution is 5.92. The third kappa shape index (κ3) is 2.93. The van der Waals surface area contributed by atoms with Crippen molar-refractivity contribution in [2.45, 2.75) is 13.1 Å². The van der Waals surface area contributed by atoms with Crippen LogP contribution in [0, 0.1) is 10.4 Å². The molecular formula is C15H15F3N4O3. The standard InChI is InChI=1S/C15H15F3N4O3/c1-9(23)13-14(15(16,17)18)22(25)11-3-2-10(8-12(11)21(13)24)20-6-4-19-5-7-20/h2-3,8,19H,4-7H2,1H3. The summed E-state index contributed by atoms with van der Waals surface area (Å²) in [6, 6.07) is 4.01. The van der Waals surface area contributed by atoms with Crippen LogP contribution in [0.3, 0.4) is 0 Å². The average Bonchev–Trinajstić information content (AvgIpc) is 2.56. The predicted octanol–water partition coefficient (Wildman–Crippen LogP) is 0.738. The minimum Gasteiger partial charge on any atom is -0.618 e. The number of anilines is 1. The minimum atomic E-state index is -5.12. The molecule has 0 saturated carbocycles. The highest BCUT2D eigenvalue weighted by atomic mass is 19.4. The fourth-order valence-corrected chi connectivity index (χ4v) is 2.96. The van der Waals surface area contributed by atoms with Crippen molar-refractivity contribution in [1.82, 2.24) is 5.32 Å². The predicted molar refractivity (Wildman–Crippen MR) is 82.0 cm³/mol. The summed E-state index contributed by atoms with van der Waals surface area (Å²) in [6.07, 6.45) is -5.12. The van der Waals surface area contributed by atoms with Gasteiger partial charge in [0.25, 0.3) is 11.0 Å². The van der Waals surface area contributed by atoms with Crippen LogP contribution in [-0.4, -0.2) is 32.0 Å². The maximum Gasteiger partial charge on any atom is 0.486 e. The molecule has 0 aliphatic carbocycles. The number of hydrogen-bond acceptors (Lipinski definition) is 5. The highest BCUT2D eigenvalue weighted by Crippen LogP contribution is 2.30. The number of piperazine rings is 1. The van der Waals surface area contributed by atoms with E-state index in [0.717, 1.165) is 20.0 Å². The van der Waals surface area contributed by atoms with Gasteiger partial charge in [0.2, 0.25) is 5.78 Å². The van der Waals surface area contributed by atoms with Gasteiger partial charge in [-0.1, -0.05) is 0 Å². The molecule has 0 radical (unpaired) electrons. The summed E-state index contributed by atoms with van der Waals surface area (Å²) in [7, 11) is 0. The van der Waals surface area contributed by atoms with Gasteiger partial charge in [-0.05, 0) is 6.07 Å². The summed E-state index contributed by atoms with van der Waals surface area (Å²) in [6.45, 7) is 3.58. The molecule has 1 saturated heterocycles. The highest BCUT2D eigenvalue weighted by Gasteiger charge is 2.50. The van der Waals surface area contributed by atoms with Crippen molar-refractivity contribution in [1.29, 1.82) is 0 Å². The van der Waals surface area contributed by atoms with E-state index in [1.165, 1.54) is 18.2 Å². The van der Waals surface area contributed by atoms with Crippen LogP contribution in [0.15, 0.2) is 18.2 Å². The van der Waals surface area contributed by atoms with Gasteiger partial charge in [-0.3, -0.25) is 4.79 Å². The summed E-state index contributed by atoms with van der Waals surface area (Å²) in [5.74, 6) is -1.12. The third-order valence-electron chi connectivity index (χ3n) is 4.11. The number of nitrogens with one attached hydrogen (secondary N) is 1. The Morgan fingerprint density at radius 2 is 1.80 bits per heavy atom. The van der Waals surface area contributed by atoms with E-state index < -0.39 is 28.9 Å². The molecule has 1 aliphatic rings. The number of hydrogen-bond donors (Lipinski definition) is 1. The van der Waals surface area contributed by atoms with Gasteiger partial charge < -0.3 is 20.6 Å². The summed E-state index contributed by atoms with van der Waals surface area (Å²) < 4.78 is 39.1. The van der Waals surface area contributed by atoms with Crippen LogP contribution in [0.1, 0.15) is 23.1 Å². The van der Waals surface area contributed by atoms with E-state index in [-0.39, 0.29) is 15.0 Å².